The van der Waals surface area contributed by atoms with Gasteiger partial charge in [0.1, 0.15) is 0 Å². The summed E-state index contributed by atoms with van der Waals surface area (Å²) in [4.78, 5) is 20.0. The van der Waals surface area contributed by atoms with E-state index in [4.69, 9.17) is 5.73 Å². The second-order valence-electron chi connectivity index (χ2n) is 7.53. The van der Waals surface area contributed by atoms with Crippen molar-refractivity contribution in [1.29, 1.82) is 0 Å². The van der Waals surface area contributed by atoms with Crippen LogP contribution in [0.25, 0.3) is 16.6 Å². The maximum atomic E-state index is 12.3. The smallest absolute Gasteiger partial charge is 0.257 e. The maximum absolute atomic E-state index is 12.3. The molecule has 0 unspecified atom stereocenters. The predicted octanol–water partition coefficient (Wildman–Crippen LogP) is 3.04. The number of nitrogens with zero attached hydrogens (tertiary/aromatic N) is 2. The van der Waals surface area contributed by atoms with Gasteiger partial charge in [-0.15, -0.1) is 0 Å². The fourth-order valence-electron chi connectivity index (χ4n) is 3.67. The predicted molar refractivity (Wildman–Crippen MR) is 121 cm³/mol. The van der Waals surface area contributed by atoms with E-state index in [0.29, 0.717) is 11.3 Å². The van der Waals surface area contributed by atoms with Crippen LogP contribution in [-0.2, 0) is 0 Å². The number of benzene rings is 2. The third kappa shape index (κ3) is 4.43. The summed E-state index contributed by atoms with van der Waals surface area (Å²) < 4.78 is 0. The minimum absolute atomic E-state index is 0.194. The number of fused-ring (bicyclic) bond motifs is 1. The van der Waals surface area contributed by atoms with E-state index in [1.807, 2.05) is 42.5 Å². The monoisotopic (exact) mass is 389 g/mol. The SMILES string of the molecule is CN1CCCN(c2ccc(N/C=C(\N)c3cc4ccccc4[nH]c3=O)cc2)CC1. The van der Waals surface area contributed by atoms with Crippen LogP contribution in [0, 0.1) is 0 Å². The van der Waals surface area contributed by atoms with Gasteiger partial charge in [-0.1, -0.05) is 18.2 Å². The molecule has 0 aliphatic carbocycles. The molecule has 2 aromatic carbocycles. The summed E-state index contributed by atoms with van der Waals surface area (Å²) in [5, 5.41) is 4.15. The van der Waals surface area contributed by atoms with Crippen LogP contribution in [-0.4, -0.2) is 43.1 Å². The topological polar surface area (TPSA) is 77.4 Å². The van der Waals surface area contributed by atoms with Gasteiger partial charge in [-0.3, -0.25) is 4.79 Å². The first kappa shape index (κ1) is 19.1. The van der Waals surface area contributed by atoms with Gasteiger partial charge in [-0.2, -0.15) is 0 Å². The number of anilines is 2. The number of aromatic nitrogens is 1. The molecule has 0 atom stereocenters. The highest BCUT2D eigenvalue weighted by atomic mass is 16.1. The molecule has 4 N–H and O–H groups in total. The van der Waals surface area contributed by atoms with Crippen molar-refractivity contribution in [2.45, 2.75) is 6.42 Å². The van der Waals surface area contributed by atoms with Crippen LogP contribution in [0.3, 0.4) is 0 Å². The summed E-state index contributed by atoms with van der Waals surface area (Å²) in [6.07, 6.45) is 2.85. The van der Waals surface area contributed by atoms with Gasteiger partial charge in [0.2, 0.25) is 0 Å². The van der Waals surface area contributed by atoms with E-state index in [2.05, 4.69) is 39.3 Å². The minimum Gasteiger partial charge on any atom is -0.397 e. The number of nitrogens with two attached hydrogens (primary N) is 1. The lowest BCUT2D eigenvalue weighted by molar-refractivity contribution is 0.360. The highest BCUT2D eigenvalue weighted by Crippen LogP contribution is 2.20. The zero-order valence-corrected chi connectivity index (χ0v) is 16.7. The average Bonchev–Trinajstić information content (AvgIpc) is 2.96. The van der Waals surface area contributed by atoms with Gasteiger partial charge < -0.3 is 25.8 Å². The molecule has 2 heterocycles. The molecule has 1 fully saturated rings. The Labute approximate surface area is 170 Å². The van der Waals surface area contributed by atoms with Crippen molar-refractivity contribution in [3.8, 4) is 0 Å². The molecule has 0 saturated carbocycles. The second-order valence-corrected chi connectivity index (χ2v) is 7.53. The normalized spacial score (nSPS) is 16.0. The summed E-state index contributed by atoms with van der Waals surface area (Å²) >= 11 is 0. The molecule has 4 rings (SSSR count). The summed E-state index contributed by atoms with van der Waals surface area (Å²) in [7, 11) is 2.17. The molecule has 1 aliphatic heterocycles. The number of hydrogen-bond acceptors (Lipinski definition) is 5. The molecule has 0 bridgehead atoms. The fourth-order valence-corrected chi connectivity index (χ4v) is 3.67. The van der Waals surface area contributed by atoms with Crippen molar-refractivity contribution in [3.05, 3.63) is 76.7 Å². The van der Waals surface area contributed by atoms with Crippen LogP contribution in [0.5, 0.6) is 0 Å². The van der Waals surface area contributed by atoms with Gasteiger partial charge in [-0.25, -0.2) is 0 Å². The van der Waals surface area contributed by atoms with Crippen LogP contribution >= 0.6 is 0 Å². The highest BCUT2D eigenvalue weighted by molar-refractivity contribution is 5.82. The molecule has 1 aromatic heterocycles. The average molecular weight is 390 g/mol. The zero-order chi connectivity index (χ0) is 20.2. The second kappa shape index (κ2) is 8.41. The summed E-state index contributed by atoms with van der Waals surface area (Å²) in [5.74, 6) is 0. The van der Waals surface area contributed by atoms with Gasteiger partial charge in [-0.05, 0) is 61.8 Å². The van der Waals surface area contributed by atoms with Crippen molar-refractivity contribution in [2.75, 3.05) is 43.4 Å². The molecule has 0 radical (unpaired) electrons. The Hall–Kier alpha value is -3.25. The molecule has 29 heavy (non-hydrogen) atoms. The highest BCUT2D eigenvalue weighted by Gasteiger charge is 2.12. The number of para-hydroxylation sites is 1. The largest absolute Gasteiger partial charge is 0.397 e. The van der Waals surface area contributed by atoms with E-state index in [1.165, 1.54) is 12.1 Å². The van der Waals surface area contributed by atoms with Crippen LogP contribution in [0.15, 0.2) is 65.6 Å². The Morgan fingerprint density at radius 3 is 2.69 bits per heavy atom. The number of pyridine rings is 1. The number of likely N-dealkylation sites (N-methyl/N-ethyl adjacent to an activating group) is 1. The van der Waals surface area contributed by atoms with E-state index < -0.39 is 0 Å². The summed E-state index contributed by atoms with van der Waals surface area (Å²) in [6.45, 7) is 4.35. The van der Waals surface area contributed by atoms with Gasteiger partial charge in [0.05, 0.1) is 11.3 Å². The standard InChI is InChI=1S/C23H27N5O/c1-27-11-4-12-28(14-13-27)19-9-7-18(8-10-19)25-16-21(24)20-15-17-5-2-3-6-22(17)26-23(20)29/h2-3,5-10,15-16,25H,4,11-14,24H2,1H3,(H,26,29)/b21-16-. The van der Waals surface area contributed by atoms with Crippen LogP contribution in [0.4, 0.5) is 11.4 Å². The lowest BCUT2D eigenvalue weighted by Gasteiger charge is -2.23. The molecule has 6 heteroatoms. The molecular formula is C23H27N5O. The Bertz CT molecular complexity index is 1070. The number of nitrogens with one attached hydrogen (secondary N) is 2. The fraction of sp³-hybridized carbons (Fsp3) is 0.261. The van der Waals surface area contributed by atoms with Gasteiger partial charge in [0.25, 0.3) is 5.56 Å². The van der Waals surface area contributed by atoms with E-state index in [1.54, 1.807) is 6.20 Å². The lowest BCUT2D eigenvalue weighted by atomic mass is 10.1. The van der Waals surface area contributed by atoms with Crippen LogP contribution < -0.4 is 21.5 Å². The third-order valence-electron chi connectivity index (χ3n) is 5.41. The number of hydrogen-bond donors (Lipinski definition) is 3. The molecule has 6 nitrogen and oxygen atoms in total. The Kier molecular flexibility index (Phi) is 5.53. The molecule has 1 saturated heterocycles. The number of aromatic amines is 1. The van der Waals surface area contributed by atoms with Crippen LogP contribution in [0.2, 0.25) is 0 Å². The van der Waals surface area contributed by atoms with E-state index in [0.717, 1.165) is 42.8 Å². The zero-order valence-electron chi connectivity index (χ0n) is 16.7. The van der Waals surface area contributed by atoms with E-state index in [9.17, 15) is 4.79 Å². The first-order valence-corrected chi connectivity index (χ1v) is 9.98. The first-order valence-electron chi connectivity index (χ1n) is 9.98. The van der Waals surface area contributed by atoms with E-state index in [-0.39, 0.29) is 5.56 Å². The number of rotatable bonds is 4. The molecule has 0 spiro atoms. The molecular weight excluding hydrogens is 362 g/mol. The molecule has 1 aliphatic rings. The Morgan fingerprint density at radius 1 is 1.07 bits per heavy atom. The van der Waals surface area contributed by atoms with Crippen molar-refractivity contribution in [2.24, 2.45) is 5.73 Å². The van der Waals surface area contributed by atoms with Crippen LogP contribution in [0.1, 0.15) is 12.0 Å². The molecule has 0 amide bonds. The van der Waals surface area contributed by atoms with Crippen molar-refractivity contribution in [3.63, 3.8) is 0 Å². The van der Waals surface area contributed by atoms with Crippen molar-refractivity contribution in [1.82, 2.24) is 9.88 Å². The molecule has 150 valence electrons. The van der Waals surface area contributed by atoms with Gasteiger partial charge in [0, 0.05) is 42.7 Å². The Morgan fingerprint density at radius 2 is 1.86 bits per heavy atom. The van der Waals surface area contributed by atoms with Crippen molar-refractivity contribution >= 4 is 28.0 Å². The van der Waals surface area contributed by atoms with Gasteiger partial charge >= 0.3 is 0 Å². The number of H-pyrrole nitrogens is 1. The van der Waals surface area contributed by atoms with E-state index >= 15 is 0 Å². The maximum Gasteiger partial charge on any atom is 0.257 e. The summed E-state index contributed by atoms with van der Waals surface area (Å²) in [6, 6.07) is 17.8. The first-order chi connectivity index (χ1) is 14.1. The quantitative estimate of drug-likeness (QED) is 0.639. The third-order valence-corrected chi connectivity index (χ3v) is 5.41. The molecule has 3 aromatic rings. The summed E-state index contributed by atoms with van der Waals surface area (Å²) in [5.41, 5.74) is 9.81. The Balaban J connectivity index is 1.47. The lowest BCUT2D eigenvalue weighted by Crippen LogP contribution is -2.28. The minimum atomic E-state index is -0.194. The van der Waals surface area contributed by atoms with Gasteiger partial charge in [0.15, 0.2) is 0 Å². The van der Waals surface area contributed by atoms with Crippen molar-refractivity contribution < 1.29 is 0 Å².